The Morgan fingerprint density at radius 2 is 2.03 bits per heavy atom. The Bertz CT molecular complexity index is 1240. The van der Waals surface area contributed by atoms with Crippen LogP contribution in [0.2, 0.25) is 0 Å². The Labute approximate surface area is 184 Å². The fraction of sp³-hybridized carbons (Fsp3) is 0.409. The van der Waals surface area contributed by atoms with E-state index >= 15 is 0 Å². The molecule has 0 N–H and O–H groups in total. The molecule has 0 bridgehead atoms. The molecule has 1 aliphatic carbocycles. The number of aromatic nitrogens is 2. The maximum Gasteiger partial charge on any atom is 0.293 e. The highest BCUT2D eigenvalue weighted by Gasteiger charge is 2.21. The Hall–Kier alpha value is -3.07. The highest BCUT2D eigenvalue weighted by Crippen LogP contribution is 2.33. The zero-order chi connectivity index (χ0) is 22.1. The molecule has 1 aromatic carbocycles. The third kappa shape index (κ3) is 3.85. The molecular formula is C22H25N5O3S. The number of aryl methyl sites for hydroxylation is 3. The van der Waals surface area contributed by atoms with Crippen molar-refractivity contribution >= 4 is 39.1 Å². The molecule has 2 heterocycles. The van der Waals surface area contributed by atoms with E-state index in [9.17, 15) is 14.9 Å². The first kappa shape index (κ1) is 21.2. The van der Waals surface area contributed by atoms with Gasteiger partial charge in [0.15, 0.2) is 0 Å². The Balaban J connectivity index is 1.75. The molecule has 0 radical (unpaired) electrons. The maximum absolute atomic E-state index is 13.2. The van der Waals surface area contributed by atoms with E-state index in [4.69, 9.17) is 0 Å². The fourth-order valence-electron chi connectivity index (χ4n) is 4.16. The van der Waals surface area contributed by atoms with Crippen molar-refractivity contribution in [3.05, 3.63) is 60.5 Å². The van der Waals surface area contributed by atoms with E-state index in [1.165, 1.54) is 21.8 Å². The molecule has 0 aliphatic heterocycles. The second-order valence-corrected chi connectivity index (χ2v) is 8.67. The van der Waals surface area contributed by atoms with Crippen LogP contribution in [0.5, 0.6) is 0 Å². The Morgan fingerprint density at radius 1 is 1.29 bits per heavy atom. The third-order valence-corrected chi connectivity index (χ3v) is 6.94. The van der Waals surface area contributed by atoms with Crippen LogP contribution in [0.15, 0.2) is 28.1 Å². The lowest BCUT2D eigenvalue weighted by atomic mass is 9.97. The van der Waals surface area contributed by atoms with Crippen LogP contribution >= 0.6 is 11.3 Å². The molecule has 4 rings (SSSR count). The first-order valence-electron chi connectivity index (χ1n) is 10.6. The number of nitrogens with zero attached hydrogens (tertiary/aromatic N) is 5. The van der Waals surface area contributed by atoms with E-state index < -0.39 is 0 Å². The van der Waals surface area contributed by atoms with Gasteiger partial charge in [0.2, 0.25) is 0 Å². The Morgan fingerprint density at radius 3 is 2.74 bits per heavy atom. The summed E-state index contributed by atoms with van der Waals surface area (Å²) in [5.41, 5.74) is 2.10. The van der Waals surface area contributed by atoms with Gasteiger partial charge in [-0.05, 0) is 58.1 Å². The summed E-state index contributed by atoms with van der Waals surface area (Å²) in [6, 6.07) is 5.01. The van der Waals surface area contributed by atoms with E-state index in [0.717, 1.165) is 36.1 Å². The molecule has 0 amide bonds. The summed E-state index contributed by atoms with van der Waals surface area (Å²) in [6.45, 7) is 7.03. The molecule has 9 heteroatoms. The quantitative estimate of drug-likeness (QED) is 0.325. The molecule has 3 aromatic rings. The summed E-state index contributed by atoms with van der Waals surface area (Å²) >= 11 is 1.61. The van der Waals surface area contributed by atoms with Crippen molar-refractivity contribution in [3.63, 3.8) is 0 Å². The summed E-state index contributed by atoms with van der Waals surface area (Å²) in [5.74, 6) is 0.501. The summed E-state index contributed by atoms with van der Waals surface area (Å²) in [6.07, 6.45) is 5.61. The van der Waals surface area contributed by atoms with Crippen molar-refractivity contribution in [1.29, 1.82) is 0 Å². The first-order valence-corrected chi connectivity index (χ1v) is 11.4. The van der Waals surface area contributed by atoms with Gasteiger partial charge in [0, 0.05) is 29.6 Å². The summed E-state index contributed by atoms with van der Waals surface area (Å²) in [4.78, 5) is 33.0. The standard InChI is InChI=1S/C22H25N5O3S/c1-4-25(5-2)17-11-10-15(12-18(17)27(29)30)13-23-26-14(3)24-21-20(22(26)28)16-8-6-7-9-19(16)31-21/h10-13H,4-9H2,1-3H3. The predicted molar refractivity (Wildman–Crippen MR) is 125 cm³/mol. The number of rotatable bonds is 6. The first-order chi connectivity index (χ1) is 14.9. The third-order valence-electron chi connectivity index (χ3n) is 5.75. The van der Waals surface area contributed by atoms with Crippen LogP contribution in [0, 0.1) is 17.0 Å². The largest absolute Gasteiger partial charge is 0.367 e. The molecule has 0 spiro atoms. The smallest absolute Gasteiger partial charge is 0.293 e. The summed E-state index contributed by atoms with van der Waals surface area (Å²) in [5, 5.41) is 16.6. The maximum atomic E-state index is 13.2. The molecule has 2 aromatic heterocycles. The number of hydrogen-bond acceptors (Lipinski definition) is 7. The molecule has 0 saturated heterocycles. The van der Waals surface area contributed by atoms with Gasteiger partial charge >= 0.3 is 0 Å². The topological polar surface area (TPSA) is 93.6 Å². The lowest BCUT2D eigenvalue weighted by Crippen LogP contribution is -2.23. The minimum Gasteiger partial charge on any atom is -0.367 e. The minimum absolute atomic E-state index is 0.0252. The average molecular weight is 440 g/mol. The molecule has 1 aliphatic rings. The van der Waals surface area contributed by atoms with Gasteiger partial charge in [0.05, 0.1) is 16.5 Å². The molecule has 31 heavy (non-hydrogen) atoms. The molecule has 162 valence electrons. The number of hydrogen-bond donors (Lipinski definition) is 0. The highest BCUT2D eigenvalue weighted by molar-refractivity contribution is 7.18. The van der Waals surface area contributed by atoms with Crippen molar-refractivity contribution in [3.8, 4) is 0 Å². The van der Waals surface area contributed by atoms with Crippen LogP contribution in [-0.2, 0) is 12.8 Å². The van der Waals surface area contributed by atoms with Gasteiger partial charge in [-0.15, -0.1) is 11.3 Å². The van der Waals surface area contributed by atoms with Crippen molar-refractivity contribution in [2.45, 2.75) is 46.5 Å². The number of anilines is 1. The number of benzene rings is 1. The van der Waals surface area contributed by atoms with Gasteiger partial charge < -0.3 is 4.90 Å². The summed E-state index contributed by atoms with van der Waals surface area (Å²) < 4.78 is 1.30. The van der Waals surface area contributed by atoms with Crippen LogP contribution in [0.25, 0.3) is 10.2 Å². The van der Waals surface area contributed by atoms with Crippen molar-refractivity contribution in [2.75, 3.05) is 18.0 Å². The molecule has 8 nitrogen and oxygen atoms in total. The molecule has 0 saturated carbocycles. The SMILES string of the molecule is CCN(CC)c1ccc(C=Nn2c(C)nc3sc4c(c3c2=O)CCCC4)cc1[N+](=O)[O-]. The lowest BCUT2D eigenvalue weighted by Gasteiger charge is -2.20. The van der Waals surface area contributed by atoms with Gasteiger partial charge in [-0.3, -0.25) is 14.9 Å². The fourth-order valence-corrected chi connectivity index (χ4v) is 5.45. The van der Waals surface area contributed by atoms with Gasteiger partial charge in [0.25, 0.3) is 11.2 Å². The van der Waals surface area contributed by atoms with Gasteiger partial charge in [-0.2, -0.15) is 9.78 Å². The van der Waals surface area contributed by atoms with Crippen LogP contribution < -0.4 is 10.5 Å². The molecule has 0 fully saturated rings. The van der Waals surface area contributed by atoms with E-state index in [1.807, 2.05) is 18.7 Å². The normalized spacial score (nSPS) is 13.6. The van der Waals surface area contributed by atoms with E-state index in [-0.39, 0.29) is 16.2 Å². The summed E-state index contributed by atoms with van der Waals surface area (Å²) in [7, 11) is 0. The molecule has 0 atom stereocenters. The van der Waals surface area contributed by atoms with Crippen LogP contribution in [-0.4, -0.2) is 33.9 Å². The number of thiophene rings is 1. The van der Waals surface area contributed by atoms with Crippen molar-refractivity contribution < 1.29 is 4.92 Å². The van der Waals surface area contributed by atoms with E-state index in [2.05, 4.69) is 10.1 Å². The van der Waals surface area contributed by atoms with Crippen LogP contribution in [0.3, 0.4) is 0 Å². The second-order valence-electron chi connectivity index (χ2n) is 7.59. The monoisotopic (exact) mass is 439 g/mol. The zero-order valence-electron chi connectivity index (χ0n) is 17.9. The average Bonchev–Trinajstić information content (AvgIpc) is 3.13. The molecular weight excluding hydrogens is 414 g/mol. The lowest BCUT2D eigenvalue weighted by molar-refractivity contribution is -0.384. The Kier molecular flexibility index (Phi) is 5.86. The van der Waals surface area contributed by atoms with Crippen LogP contribution in [0.4, 0.5) is 11.4 Å². The van der Waals surface area contributed by atoms with E-state index in [1.54, 1.807) is 30.4 Å². The number of nitro groups is 1. The second kappa shape index (κ2) is 8.58. The minimum atomic E-state index is -0.381. The zero-order valence-corrected chi connectivity index (χ0v) is 18.7. The molecule has 0 unspecified atom stereocenters. The van der Waals surface area contributed by atoms with Crippen LogP contribution in [0.1, 0.15) is 48.5 Å². The number of fused-ring (bicyclic) bond motifs is 3. The predicted octanol–water partition coefficient (Wildman–Crippen LogP) is 4.28. The van der Waals surface area contributed by atoms with Gasteiger partial charge in [-0.25, -0.2) is 4.98 Å². The highest BCUT2D eigenvalue weighted by atomic mass is 32.1. The van der Waals surface area contributed by atoms with Gasteiger partial charge in [0.1, 0.15) is 16.3 Å². The van der Waals surface area contributed by atoms with E-state index in [0.29, 0.717) is 35.6 Å². The van der Waals surface area contributed by atoms with Crippen molar-refractivity contribution in [1.82, 2.24) is 9.66 Å². The van der Waals surface area contributed by atoms with Crippen molar-refractivity contribution in [2.24, 2.45) is 5.10 Å². The number of nitro benzene ring substituents is 1. The van der Waals surface area contributed by atoms with Gasteiger partial charge in [-0.1, -0.05) is 6.07 Å².